The monoisotopic (exact) mass is 291 g/mol. The Kier molecular flexibility index (Phi) is 4.02. The van der Waals surface area contributed by atoms with Crippen molar-refractivity contribution in [2.24, 2.45) is 17.6 Å². The predicted molar refractivity (Wildman–Crippen MR) is 81.2 cm³/mol. The molecule has 0 saturated heterocycles. The minimum Gasteiger partial charge on any atom is -0.481 e. The molecule has 2 unspecified atom stereocenters. The first kappa shape index (κ1) is 14.8. The third-order valence-electron chi connectivity index (χ3n) is 3.47. The van der Waals surface area contributed by atoms with Crippen LogP contribution in [0.5, 0.6) is 0 Å². The maximum absolute atomic E-state index is 11.4. The van der Waals surface area contributed by atoms with E-state index in [1.165, 1.54) is 0 Å². The number of hydrogen-bond donors (Lipinski definition) is 2. The summed E-state index contributed by atoms with van der Waals surface area (Å²) in [5.41, 5.74) is 8.81. The van der Waals surface area contributed by atoms with Gasteiger partial charge in [-0.3, -0.25) is 4.79 Å². The zero-order valence-electron chi connectivity index (χ0n) is 11.5. The van der Waals surface area contributed by atoms with Gasteiger partial charge in [0.25, 0.3) is 0 Å². The summed E-state index contributed by atoms with van der Waals surface area (Å²) in [7, 11) is 0. The maximum atomic E-state index is 11.4. The number of halogens is 1. The minimum atomic E-state index is -1.39. The first-order valence-electron chi connectivity index (χ1n) is 6.54. The number of carboxylic acids is 1. The topological polar surface area (TPSA) is 63.3 Å². The average molecular weight is 292 g/mol. The molecule has 1 aromatic carbocycles. The molecule has 0 bridgehead atoms. The standard InChI is InChI=1S/C16H18ClNO2/c1-10(2)13-9-16(17,18)14(15(19)20)8-12(13)11-6-4-3-5-7-11/h3-10,14H,18H2,1-2H3,(H,19,20). The van der Waals surface area contributed by atoms with Crippen molar-refractivity contribution in [2.45, 2.75) is 18.8 Å². The molecule has 1 aliphatic carbocycles. The third kappa shape index (κ3) is 2.79. The van der Waals surface area contributed by atoms with E-state index in [-0.39, 0.29) is 5.92 Å². The number of hydrogen-bond acceptors (Lipinski definition) is 2. The van der Waals surface area contributed by atoms with E-state index in [2.05, 4.69) is 0 Å². The van der Waals surface area contributed by atoms with Crippen LogP contribution in [0.3, 0.4) is 0 Å². The summed E-state index contributed by atoms with van der Waals surface area (Å²) in [4.78, 5) is 10.00. The van der Waals surface area contributed by atoms with Gasteiger partial charge in [-0.15, -0.1) is 0 Å². The van der Waals surface area contributed by atoms with Gasteiger partial charge in [-0.05, 0) is 28.7 Å². The Hall–Kier alpha value is -1.58. The number of aliphatic carboxylic acids is 1. The molecular formula is C16H18ClNO2. The van der Waals surface area contributed by atoms with Gasteiger partial charge in [0.05, 0.1) is 0 Å². The van der Waals surface area contributed by atoms with Crippen LogP contribution in [0.2, 0.25) is 0 Å². The molecule has 0 aromatic heterocycles. The highest BCUT2D eigenvalue weighted by Gasteiger charge is 2.39. The number of benzene rings is 1. The van der Waals surface area contributed by atoms with Gasteiger partial charge in [-0.1, -0.05) is 61.9 Å². The van der Waals surface area contributed by atoms with Crippen LogP contribution < -0.4 is 5.73 Å². The zero-order valence-corrected chi connectivity index (χ0v) is 12.3. The van der Waals surface area contributed by atoms with Gasteiger partial charge in [0.15, 0.2) is 0 Å². The van der Waals surface area contributed by atoms with E-state index in [1.54, 1.807) is 12.2 Å². The van der Waals surface area contributed by atoms with Gasteiger partial charge in [0, 0.05) is 0 Å². The second kappa shape index (κ2) is 5.43. The molecule has 20 heavy (non-hydrogen) atoms. The van der Waals surface area contributed by atoms with E-state index >= 15 is 0 Å². The molecule has 0 saturated carbocycles. The molecule has 1 aliphatic rings. The first-order chi connectivity index (χ1) is 9.33. The smallest absolute Gasteiger partial charge is 0.313 e. The summed E-state index contributed by atoms with van der Waals surface area (Å²) in [6.07, 6.45) is 3.35. The quantitative estimate of drug-likeness (QED) is 0.664. The van der Waals surface area contributed by atoms with Gasteiger partial charge in [0.1, 0.15) is 10.9 Å². The van der Waals surface area contributed by atoms with Gasteiger partial charge >= 0.3 is 5.97 Å². The Morgan fingerprint density at radius 1 is 1.35 bits per heavy atom. The van der Waals surface area contributed by atoms with E-state index in [0.717, 1.165) is 16.7 Å². The van der Waals surface area contributed by atoms with Crippen molar-refractivity contribution in [3.8, 4) is 0 Å². The van der Waals surface area contributed by atoms with E-state index in [0.29, 0.717) is 0 Å². The average Bonchev–Trinajstić information content (AvgIpc) is 2.38. The van der Waals surface area contributed by atoms with Crippen LogP contribution in [0.4, 0.5) is 0 Å². The molecule has 3 nitrogen and oxygen atoms in total. The van der Waals surface area contributed by atoms with Crippen LogP contribution in [0.25, 0.3) is 5.57 Å². The van der Waals surface area contributed by atoms with Crippen molar-refractivity contribution in [1.29, 1.82) is 0 Å². The molecule has 0 spiro atoms. The zero-order chi connectivity index (χ0) is 14.9. The van der Waals surface area contributed by atoms with Crippen molar-refractivity contribution in [1.82, 2.24) is 0 Å². The Labute approximate surface area is 123 Å². The highest BCUT2D eigenvalue weighted by molar-refractivity contribution is 6.27. The van der Waals surface area contributed by atoms with Crippen molar-refractivity contribution < 1.29 is 9.90 Å². The fourth-order valence-corrected chi connectivity index (χ4v) is 2.69. The predicted octanol–water partition coefficient (Wildman–Crippen LogP) is 3.26. The molecule has 2 atom stereocenters. The molecule has 0 amide bonds. The lowest BCUT2D eigenvalue weighted by Crippen LogP contribution is -2.45. The van der Waals surface area contributed by atoms with Crippen LogP contribution in [0, 0.1) is 11.8 Å². The van der Waals surface area contributed by atoms with Gasteiger partial charge in [0.2, 0.25) is 0 Å². The maximum Gasteiger partial charge on any atom is 0.313 e. The highest BCUT2D eigenvalue weighted by Crippen LogP contribution is 2.40. The summed E-state index contributed by atoms with van der Waals surface area (Å²) >= 11 is 6.20. The lowest BCUT2D eigenvalue weighted by atomic mass is 9.79. The van der Waals surface area contributed by atoms with E-state index in [9.17, 15) is 9.90 Å². The summed E-state index contributed by atoms with van der Waals surface area (Å²) in [5, 5.41) is 9.33. The van der Waals surface area contributed by atoms with Crippen molar-refractivity contribution >= 4 is 23.1 Å². The van der Waals surface area contributed by atoms with Crippen LogP contribution >= 0.6 is 11.6 Å². The second-order valence-electron chi connectivity index (χ2n) is 5.34. The van der Waals surface area contributed by atoms with E-state index in [1.807, 2.05) is 44.2 Å². The molecule has 0 fully saturated rings. The number of allylic oxidation sites excluding steroid dienone is 2. The number of carbonyl (C=O) groups is 1. The Morgan fingerprint density at radius 3 is 2.45 bits per heavy atom. The van der Waals surface area contributed by atoms with E-state index < -0.39 is 16.9 Å². The first-order valence-corrected chi connectivity index (χ1v) is 6.91. The molecule has 0 aliphatic heterocycles. The Bertz CT molecular complexity index is 573. The fourth-order valence-electron chi connectivity index (χ4n) is 2.42. The SMILES string of the molecule is CC(C)C1=CC(N)(Cl)C(C(=O)O)C=C1c1ccccc1. The summed E-state index contributed by atoms with van der Waals surface area (Å²) in [6.45, 7) is 4.08. The fraction of sp³-hybridized carbons (Fsp3) is 0.312. The number of nitrogens with two attached hydrogens (primary N) is 1. The molecular weight excluding hydrogens is 274 g/mol. The lowest BCUT2D eigenvalue weighted by molar-refractivity contribution is -0.140. The highest BCUT2D eigenvalue weighted by atomic mass is 35.5. The van der Waals surface area contributed by atoms with Crippen LogP contribution in [-0.2, 0) is 4.79 Å². The van der Waals surface area contributed by atoms with Crippen molar-refractivity contribution in [3.63, 3.8) is 0 Å². The van der Waals surface area contributed by atoms with Crippen LogP contribution in [0.15, 0.2) is 48.1 Å². The second-order valence-corrected chi connectivity index (χ2v) is 6.00. The van der Waals surface area contributed by atoms with E-state index in [4.69, 9.17) is 17.3 Å². The summed E-state index contributed by atoms with van der Waals surface area (Å²) in [6, 6.07) is 9.69. The van der Waals surface area contributed by atoms with Crippen LogP contribution in [-0.4, -0.2) is 16.1 Å². The molecule has 3 N–H and O–H groups in total. The van der Waals surface area contributed by atoms with Gasteiger partial charge < -0.3 is 10.8 Å². The molecule has 1 aromatic rings. The molecule has 106 valence electrons. The van der Waals surface area contributed by atoms with Gasteiger partial charge in [-0.25, -0.2) is 0 Å². The van der Waals surface area contributed by atoms with Crippen LogP contribution in [0.1, 0.15) is 19.4 Å². The lowest BCUT2D eigenvalue weighted by Gasteiger charge is -2.32. The minimum absolute atomic E-state index is 0.206. The summed E-state index contributed by atoms with van der Waals surface area (Å²) in [5.74, 6) is -1.75. The number of carboxylic acid groups (broad SMARTS) is 1. The third-order valence-corrected chi connectivity index (χ3v) is 3.81. The van der Waals surface area contributed by atoms with Crippen molar-refractivity contribution in [2.75, 3.05) is 0 Å². The molecule has 0 radical (unpaired) electrons. The number of alkyl halides is 1. The number of rotatable bonds is 3. The molecule has 0 heterocycles. The Balaban J connectivity index is 2.57. The summed E-state index contributed by atoms with van der Waals surface area (Å²) < 4.78 is 0. The molecule has 4 heteroatoms. The van der Waals surface area contributed by atoms with Crippen molar-refractivity contribution in [3.05, 3.63) is 53.6 Å². The largest absolute Gasteiger partial charge is 0.481 e. The van der Waals surface area contributed by atoms with Gasteiger partial charge in [-0.2, -0.15) is 0 Å². The molecule has 2 rings (SSSR count). The normalized spacial score (nSPS) is 26.1. The Morgan fingerprint density at radius 2 is 1.95 bits per heavy atom.